The van der Waals surface area contributed by atoms with Gasteiger partial charge in [0.2, 0.25) is 0 Å². The summed E-state index contributed by atoms with van der Waals surface area (Å²) in [5, 5.41) is 3.36. The lowest BCUT2D eigenvalue weighted by Gasteiger charge is -2.32. The van der Waals surface area contributed by atoms with Gasteiger partial charge < -0.3 is 15.1 Å². The van der Waals surface area contributed by atoms with Gasteiger partial charge in [0.15, 0.2) is 0 Å². The van der Waals surface area contributed by atoms with E-state index in [2.05, 4.69) is 60.4 Å². The van der Waals surface area contributed by atoms with Gasteiger partial charge in [-0.3, -0.25) is 9.78 Å². The quantitative estimate of drug-likeness (QED) is 0.929. The van der Waals surface area contributed by atoms with Crippen molar-refractivity contribution in [2.45, 2.75) is 19.8 Å². The molecule has 1 aliphatic heterocycles. The summed E-state index contributed by atoms with van der Waals surface area (Å²) in [6.07, 6.45) is 1.69. The first kappa shape index (κ1) is 17.4. The molecule has 1 aromatic heterocycles. The van der Waals surface area contributed by atoms with Gasteiger partial charge >= 0.3 is 0 Å². The van der Waals surface area contributed by atoms with Crippen LogP contribution in [0.2, 0.25) is 0 Å². The Labute approximate surface area is 149 Å². The second-order valence-electron chi connectivity index (χ2n) is 6.93. The lowest BCUT2D eigenvalue weighted by molar-refractivity contribution is 0.0658. The highest BCUT2D eigenvalue weighted by molar-refractivity contribution is 5.93. The van der Waals surface area contributed by atoms with Crippen molar-refractivity contribution in [1.82, 2.24) is 14.8 Å². The topological polar surface area (TPSA) is 48.5 Å². The molecule has 1 aliphatic rings. The van der Waals surface area contributed by atoms with Gasteiger partial charge in [-0.15, -0.1) is 0 Å². The molecule has 0 spiro atoms. The molecule has 0 bridgehead atoms. The first-order chi connectivity index (χ1) is 12.0. The Bertz CT molecular complexity index is 719. The van der Waals surface area contributed by atoms with E-state index in [1.807, 2.05) is 17.0 Å². The van der Waals surface area contributed by atoms with Crippen molar-refractivity contribution in [2.24, 2.45) is 0 Å². The number of carbonyl (C=O) groups excluding carboxylic acids is 1. The molecule has 1 fully saturated rings. The summed E-state index contributed by atoms with van der Waals surface area (Å²) in [7, 11) is 2.08. The summed E-state index contributed by atoms with van der Waals surface area (Å²) >= 11 is 0. The highest BCUT2D eigenvalue weighted by Crippen LogP contribution is 2.21. The third-order valence-corrected chi connectivity index (χ3v) is 4.64. The Morgan fingerprint density at radius 2 is 1.72 bits per heavy atom. The molecule has 3 rings (SSSR count). The second kappa shape index (κ2) is 7.66. The zero-order chi connectivity index (χ0) is 17.8. The molecule has 5 heteroatoms. The van der Waals surface area contributed by atoms with Crippen LogP contribution in [0.5, 0.6) is 0 Å². The Morgan fingerprint density at radius 3 is 2.36 bits per heavy atom. The molecule has 25 heavy (non-hydrogen) atoms. The number of benzene rings is 1. The monoisotopic (exact) mass is 338 g/mol. The fourth-order valence-corrected chi connectivity index (χ4v) is 2.91. The summed E-state index contributed by atoms with van der Waals surface area (Å²) in [4.78, 5) is 21.0. The Morgan fingerprint density at radius 1 is 1.04 bits per heavy atom. The largest absolute Gasteiger partial charge is 0.355 e. The number of pyridine rings is 1. The maximum Gasteiger partial charge on any atom is 0.272 e. The maximum atomic E-state index is 12.6. The third-order valence-electron chi connectivity index (χ3n) is 4.64. The van der Waals surface area contributed by atoms with Crippen molar-refractivity contribution >= 4 is 17.3 Å². The van der Waals surface area contributed by atoms with Crippen molar-refractivity contribution in [3.8, 4) is 0 Å². The predicted molar refractivity (Wildman–Crippen MR) is 101 cm³/mol. The first-order valence-electron chi connectivity index (χ1n) is 8.84. The number of carbonyl (C=O) groups is 1. The number of rotatable bonds is 4. The summed E-state index contributed by atoms with van der Waals surface area (Å²) in [5.41, 5.74) is 3.69. The summed E-state index contributed by atoms with van der Waals surface area (Å²) < 4.78 is 0. The van der Waals surface area contributed by atoms with Crippen LogP contribution >= 0.6 is 0 Å². The van der Waals surface area contributed by atoms with Gasteiger partial charge in [-0.05, 0) is 42.8 Å². The van der Waals surface area contributed by atoms with E-state index in [4.69, 9.17) is 0 Å². The Kier molecular flexibility index (Phi) is 5.34. The van der Waals surface area contributed by atoms with E-state index in [-0.39, 0.29) is 5.91 Å². The number of likely N-dealkylation sites (N-methyl/N-ethyl adjacent to an activating group) is 1. The fraction of sp³-hybridized carbons (Fsp3) is 0.400. The molecule has 0 unspecified atom stereocenters. The number of hydrogen-bond donors (Lipinski definition) is 1. The first-order valence-corrected chi connectivity index (χ1v) is 8.84. The van der Waals surface area contributed by atoms with Crippen LogP contribution in [0.15, 0.2) is 42.6 Å². The molecule has 132 valence electrons. The SMILES string of the molecule is CC(C)c1ccc(Nc2ccnc(C(=O)N3CCN(C)CC3)c2)cc1. The fourth-order valence-electron chi connectivity index (χ4n) is 2.91. The molecule has 1 saturated heterocycles. The molecular formula is C20H26N4O. The Balaban J connectivity index is 1.69. The van der Waals surface area contributed by atoms with Crippen molar-refractivity contribution in [1.29, 1.82) is 0 Å². The van der Waals surface area contributed by atoms with Crippen molar-refractivity contribution in [3.05, 3.63) is 53.9 Å². The van der Waals surface area contributed by atoms with E-state index in [1.54, 1.807) is 6.20 Å². The molecule has 0 aliphatic carbocycles. The van der Waals surface area contributed by atoms with E-state index in [0.29, 0.717) is 11.6 Å². The number of amides is 1. The van der Waals surface area contributed by atoms with Crippen LogP contribution in [0, 0.1) is 0 Å². The van der Waals surface area contributed by atoms with Gasteiger partial charge in [-0.25, -0.2) is 0 Å². The van der Waals surface area contributed by atoms with Crippen molar-refractivity contribution < 1.29 is 4.79 Å². The van der Waals surface area contributed by atoms with Crippen LogP contribution in [-0.4, -0.2) is 53.9 Å². The second-order valence-corrected chi connectivity index (χ2v) is 6.93. The molecule has 0 saturated carbocycles. The standard InChI is InChI=1S/C20H26N4O/c1-15(2)16-4-6-17(7-5-16)22-18-8-9-21-19(14-18)20(25)24-12-10-23(3)11-13-24/h4-9,14-15H,10-13H2,1-3H3,(H,21,22). The van der Waals surface area contributed by atoms with Crippen LogP contribution in [0.25, 0.3) is 0 Å². The molecule has 1 aromatic carbocycles. The smallest absolute Gasteiger partial charge is 0.272 e. The zero-order valence-corrected chi connectivity index (χ0v) is 15.2. The van der Waals surface area contributed by atoms with E-state index in [1.165, 1.54) is 5.56 Å². The highest BCUT2D eigenvalue weighted by atomic mass is 16.2. The predicted octanol–water partition coefficient (Wildman–Crippen LogP) is 3.34. The molecule has 2 aromatic rings. The number of nitrogens with one attached hydrogen (secondary N) is 1. The minimum Gasteiger partial charge on any atom is -0.355 e. The number of hydrogen-bond acceptors (Lipinski definition) is 4. The maximum absolute atomic E-state index is 12.6. The molecule has 2 heterocycles. The molecule has 1 amide bonds. The summed E-state index contributed by atoms with van der Waals surface area (Å²) in [6.45, 7) is 7.69. The van der Waals surface area contributed by atoms with Gasteiger partial charge in [0, 0.05) is 43.8 Å². The normalized spacial score (nSPS) is 15.4. The van der Waals surface area contributed by atoms with Crippen LogP contribution in [0.1, 0.15) is 35.8 Å². The van der Waals surface area contributed by atoms with E-state index in [0.717, 1.165) is 37.6 Å². The molecule has 0 radical (unpaired) electrons. The van der Waals surface area contributed by atoms with Gasteiger partial charge in [-0.1, -0.05) is 26.0 Å². The van der Waals surface area contributed by atoms with Crippen LogP contribution in [-0.2, 0) is 0 Å². The van der Waals surface area contributed by atoms with Crippen LogP contribution in [0.4, 0.5) is 11.4 Å². The highest BCUT2D eigenvalue weighted by Gasteiger charge is 2.21. The minimum absolute atomic E-state index is 0.00639. The van der Waals surface area contributed by atoms with Crippen molar-refractivity contribution in [3.63, 3.8) is 0 Å². The summed E-state index contributed by atoms with van der Waals surface area (Å²) in [6, 6.07) is 12.1. The number of anilines is 2. The van der Waals surface area contributed by atoms with Gasteiger partial charge in [0.1, 0.15) is 5.69 Å². The molecule has 5 nitrogen and oxygen atoms in total. The van der Waals surface area contributed by atoms with Crippen LogP contribution < -0.4 is 5.32 Å². The third kappa shape index (κ3) is 4.37. The number of nitrogens with zero attached hydrogens (tertiary/aromatic N) is 3. The lowest BCUT2D eigenvalue weighted by Crippen LogP contribution is -2.47. The van der Waals surface area contributed by atoms with E-state index in [9.17, 15) is 4.79 Å². The van der Waals surface area contributed by atoms with Gasteiger partial charge in [-0.2, -0.15) is 0 Å². The minimum atomic E-state index is 0.00639. The number of aromatic nitrogens is 1. The number of piperazine rings is 1. The van der Waals surface area contributed by atoms with E-state index >= 15 is 0 Å². The summed E-state index contributed by atoms with van der Waals surface area (Å²) in [5.74, 6) is 0.523. The zero-order valence-electron chi connectivity index (χ0n) is 15.2. The molecule has 0 atom stereocenters. The van der Waals surface area contributed by atoms with Crippen molar-refractivity contribution in [2.75, 3.05) is 38.5 Å². The van der Waals surface area contributed by atoms with Gasteiger partial charge in [0.05, 0.1) is 0 Å². The van der Waals surface area contributed by atoms with Crippen LogP contribution in [0.3, 0.4) is 0 Å². The average Bonchev–Trinajstić information content (AvgIpc) is 2.62. The van der Waals surface area contributed by atoms with E-state index < -0.39 is 0 Å². The van der Waals surface area contributed by atoms with Gasteiger partial charge in [0.25, 0.3) is 5.91 Å². The molecular weight excluding hydrogens is 312 g/mol. The lowest BCUT2D eigenvalue weighted by atomic mass is 10.0. The Hall–Kier alpha value is -2.40. The molecule has 1 N–H and O–H groups in total. The average molecular weight is 338 g/mol.